The van der Waals surface area contributed by atoms with Crippen molar-refractivity contribution < 1.29 is 4.79 Å². The molecule has 0 aliphatic rings. The summed E-state index contributed by atoms with van der Waals surface area (Å²) in [5.41, 5.74) is 7.34. The quantitative estimate of drug-likeness (QED) is 0.558. The van der Waals surface area contributed by atoms with Gasteiger partial charge in [0, 0.05) is 28.1 Å². The second-order valence-electron chi connectivity index (χ2n) is 4.58. The highest BCUT2D eigenvalue weighted by Gasteiger charge is 2.13. The van der Waals surface area contributed by atoms with Crippen LogP contribution in [0.4, 0.5) is 0 Å². The van der Waals surface area contributed by atoms with E-state index in [0.717, 1.165) is 26.4 Å². The Hall–Kier alpha value is -1.63. The van der Waals surface area contributed by atoms with Crippen LogP contribution in [-0.4, -0.2) is 21.6 Å². The van der Waals surface area contributed by atoms with Crippen LogP contribution < -0.4 is 5.73 Å². The Balaban J connectivity index is 2.00. The highest BCUT2D eigenvalue weighted by Crippen LogP contribution is 2.38. The maximum Gasteiger partial charge on any atom is 0.218 e. The molecule has 0 unspecified atom stereocenters. The van der Waals surface area contributed by atoms with E-state index in [2.05, 4.69) is 15.3 Å². The molecule has 0 radical (unpaired) electrons. The number of nitrogens with two attached hydrogens (primary N) is 1. The second kappa shape index (κ2) is 6.64. The van der Waals surface area contributed by atoms with Gasteiger partial charge in [-0.3, -0.25) is 4.79 Å². The van der Waals surface area contributed by atoms with Crippen molar-refractivity contribution in [2.24, 2.45) is 5.73 Å². The van der Waals surface area contributed by atoms with Crippen LogP contribution in [0.25, 0.3) is 21.3 Å². The van der Waals surface area contributed by atoms with E-state index in [1.54, 1.807) is 17.7 Å². The van der Waals surface area contributed by atoms with Crippen molar-refractivity contribution in [2.45, 2.75) is 11.4 Å². The molecule has 3 rings (SSSR count). The Morgan fingerprint density at radius 1 is 1.27 bits per heavy atom. The number of primary amides is 1. The molecule has 0 aliphatic carbocycles. The summed E-state index contributed by atoms with van der Waals surface area (Å²) in [6.45, 7) is 0. The minimum atomic E-state index is -0.305. The Labute approximate surface area is 140 Å². The van der Waals surface area contributed by atoms with Gasteiger partial charge in [0.15, 0.2) is 0 Å². The molecule has 22 heavy (non-hydrogen) atoms. The number of thioether (sulfide) groups is 1. The van der Waals surface area contributed by atoms with Crippen molar-refractivity contribution >= 4 is 50.8 Å². The van der Waals surface area contributed by atoms with Crippen LogP contribution >= 0.6 is 34.7 Å². The van der Waals surface area contributed by atoms with Gasteiger partial charge < -0.3 is 5.73 Å². The first kappa shape index (κ1) is 15.3. The van der Waals surface area contributed by atoms with Crippen molar-refractivity contribution in [1.29, 1.82) is 0 Å². The number of rotatable bonds is 5. The van der Waals surface area contributed by atoms with E-state index in [-0.39, 0.29) is 5.91 Å². The van der Waals surface area contributed by atoms with E-state index in [1.807, 2.05) is 24.3 Å². The number of hydrogen-bond donors (Lipinski definition) is 1. The third-order valence-electron chi connectivity index (χ3n) is 3.08. The molecular weight excluding hydrogens is 338 g/mol. The molecular formula is C15H12ClN3OS2. The van der Waals surface area contributed by atoms with Crippen LogP contribution in [0.1, 0.15) is 6.42 Å². The summed E-state index contributed by atoms with van der Waals surface area (Å²) in [6, 6.07) is 7.69. The third-order valence-corrected chi connectivity index (χ3v) is 5.21. The zero-order valence-corrected chi connectivity index (χ0v) is 13.8. The van der Waals surface area contributed by atoms with Crippen molar-refractivity contribution in [3.63, 3.8) is 0 Å². The number of carbonyl (C=O) groups is 1. The zero-order chi connectivity index (χ0) is 15.5. The van der Waals surface area contributed by atoms with E-state index < -0.39 is 0 Å². The normalized spacial score (nSPS) is 11.0. The first-order valence-corrected chi connectivity index (χ1v) is 8.78. The van der Waals surface area contributed by atoms with Gasteiger partial charge >= 0.3 is 0 Å². The largest absolute Gasteiger partial charge is 0.370 e. The van der Waals surface area contributed by atoms with E-state index in [9.17, 15) is 4.79 Å². The highest BCUT2D eigenvalue weighted by atomic mass is 35.5. The lowest BCUT2D eigenvalue weighted by Crippen LogP contribution is -2.10. The molecule has 2 heterocycles. The number of halogens is 1. The maximum absolute atomic E-state index is 10.9. The van der Waals surface area contributed by atoms with Crippen LogP contribution in [0, 0.1) is 0 Å². The molecule has 4 nitrogen and oxygen atoms in total. The first-order valence-electron chi connectivity index (χ1n) is 6.54. The van der Waals surface area contributed by atoms with Gasteiger partial charge in [0.25, 0.3) is 0 Å². The standard InChI is InChI=1S/C15H12ClN3OS2/c16-10-3-1-9(2-4-10)11-7-22-15-13(11)14(18-8-19-15)21-6-5-12(17)20/h1-4,7-8H,5-6H2,(H2,17,20). The fourth-order valence-corrected chi connectivity index (χ4v) is 4.12. The number of carbonyl (C=O) groups excluding carboxylic acids is 1. The summed E-state index contributed by atoms with van der Waals surface area (Å²) in [7, 11) is 0. The summed E-state index contributed by atoms with van der Waals surface area (Å²) in [4.78, 5) is 20.5. The minimum absolute atomic E-state index is 0.305. The predicted octanol–water partition coefficient (Wildman–Crippen LogP) is 3.98. The first-order chi connectivity index (χ1) is 10.6. The van der Waals surface area contributed by atoms with Crippen molar-refractivity contribution in [3.05, 3.63) is 41.0 Å². The van der Waals surface area contributed by atoms with Gasteiger partial charge in [0.2, 0.25) is 5.91 Å². The summed E-state index contributed by atoms with van der Waals surface area (Å²) in [5.74, 6) is 0.304. The molecule has 1 aromatic carbocycles. The molecule has 3 aromatic rings. The lowest BCUT2D eigenvalue weighted by molar-refractivity contribution is -0.117. The van der Waals surface area contributed by atoms with Gasteiger partial charge in [-0.2, -0.15) is 0 Å². The summed E-state index contributed by atoms with van der Waals surface area (Å²) >= 11 is 9.05. The van der Waals surface area contributed by atoms with E-state index in [0.29, 0.717) is 17.2 Å². The Morgan fingerprint density at radius 2 is 2.05 bits per heavy atom. The zero-order valence-electron chi connectivity index (χ0n) is 11.5. The SMILES string of the molecule is NC(=O)CCSc1ncnc2scc(-c3ccc(Cl)cc3)c12. The number of thiophene rings is 1. The average Bonchev–Trinajstić information content (AvgIpc) is 2.93. The molecule has 0 bridgehead atoms. The maximum atomic E-state index is 10.9. The predicted molar refractivity (Wildman–Crippen MR) is 92.4 cm³/mol. The molecule has 0 atom stereocenters. The van der Waals surface area contributed by atoms with E-state index in [4.69, 9.17) is 17.3 Å². The van der Waals surface area contributed by atoms with Crippen molar-refractivity contribution in [3.8, 4) is 11.1 Å². The smallest absolute Gasteiger partial charge is 0.218 e. The summed E-state index contributed by atoms with van der Waals surface area (Å²) in [5, 5.41) is 4.66. The minimum Gasteiger partial charge on any atom is -0.370 e. The van der Waals surface area contributed by atoms with Crippen LogP contribution in [0.15, 0.2) is 41.0 Å². The van der Waals surface area contributed by atoms with Crippen LogP contribution in [0.3, 0.4) is 0 Å². The van der Waals surface area contributed by atoms with Gasteiger partial charge in [-0.25, -0.2) is 9.97 Å². The third kappa shape index (κ3) is 3.24. The van der Waals surface area contributed by atoms with Crippen molar-refractivity contribution in [1.82, 2.24) is 9.97 Å². The molecule has 2 aromatic heterocycles. The van der Waals surface area contributed by atoms with Crippen molar-refractivity contribution in [2.75, 3.05) is 5.75 Å². The Kier molecular flexibility index (Phi) is 4.61. The van der Waals surface area contributed by atoms with Gasteiger partial charge in [0.1, 0.15) is 16.2 Å². The molecule has 7 heteroatoms. The average molecular weight is 350 g/mol. The number of fused-ring (bicyclic) bond motifs is 1. The summed E-state index contributed by atoms with van der Waals surface area (Å²) in [6.07, 6.45) is 1.88. The van der Waals surface area contributed by atoms with Crippen LogP contribution in [-0.2, 0) is 4.79 Å². The molecule has 1 amide bonds. The van der Waals surface area contributed by atoms with Gasteiger partial charge in [0.05, 0.1) is 5.39 Å². The van der Waals surface area contributed by atoms with E-state index in [1.165, 1.54) is 11.8 Å². The molecule has 2 N–H and O–H groups in total. The highest BCUT2D eigenvalue weighted by molar-refractivity contribution is 7.99. The number of hydrogen-bond acceptors (Lipinski definition) is 5. The number of nitrogens with zero attached hydrogens (tertiary/aromatic N) is 2. The topological polar surface area (TPSA) is 68.9 Å². The van der Waals surface area contributed by atoms with Gasteiger partial charge in [-0.05, 0) is 17.7 Å². The summed E-state index contributed by atoms with van der Waals surface area (Å²) < 4.78 is 0. The fourth-order valence-electron chi connectivity index (χ4n) is 2.05. The number of aromatic nitrogens is 2. The van der Waals surface area contributed by atoms with Crippen LogP contribution in [0.5, 0.6) is 0 Å². The fraction of sp³-hybridized carbons (Fsp3) is 0.133. The number of amides is 1. The molecule has 0 saturated heterocycles. The second-order valence-corrected chi connectivity index (χ2v) is 6.96. The monoisotopic (exact) mass is 349 g/mol. The van der Waals surface area contributed by atoms with Crippen LogP contribution in [0.2, 0.25) is 5.02 Å². The molecule has 0 aliphatic heterocycles. The lowest BCUT2D eigenvalue weighted by atomic mass is 10.1. The molecule has 0 saturated carbocycles. The van der Waals surface area contributed by atoms with Gasteiger partial charge in [-0.15, -0.1) is 23.1 Å². The van der Waals surface area contributed by atoms with E-state index >= 15 is 0 Å². The Morgan fingerprint density at radius 3 is 2.77 bits per heavy atom. The molecule has 112 valence electrons. The Bertz CT molecular complexity index is 817. The molecule has 0 fully saturated rings. The van der Waals surface area contributed by atoms with Gasteiger partial charge in [-0.1, -0.05) is 23.7 Å². The lowest BCUT2D eigenvalue weighted by Gasteiger charge is -2.05. The molecule has 0 spiro atoms. The number of benzene rings is 1.